The van der Waals surface area contributed by atoms with E-state index in [1.54, 1.807) is 25.0 Å². The van der Waals surface area contributed by atoms with Crippen molar-refractivity contribution in [3.8, 4) is 17.0 Å². The monoisotopic (exact) mass is 216 g/mol. The van der Waals surface area contributed by atoms with Gasteiger partial charge in [-0.05, 0) is 12.1 Å². The van der Waals surface area contributed by atoms with Crippen LogP contribution in [0.1, 0.15) is 10.4 Å². The minimum absolute atomic E-state index is 0.562. The lowest BCUT2D eigenvalue weighted by atomic mass is 10.1. The molecule has 1 aromatic heterocycles. The second kappa shape index (κ2) is 4.18. The Morgan fingerprint density at radius 1 is 1.38 bits per heavy atom. The summed E-state index contributed by atoms with van der Waals surface area (Å²) in [4.78, 5) is 10.9. The zero-order chi connectivity index (χ0) is 11.5. The molecule has 1 heterocycles. The van der Waals surface area contributed by atoms with E-state index in [2.05, 4.69) is 5.10 Å². The Labute approximate surface area is 93.5 Å². The zero-order valence-electron chi connectivity index (χ0n) is 9.18. The highest BCUT2D eigenvalue weighted by molar-refractivity contribution is 5.87. The van der Waals surface area contributed by atoms with Gasteiger partial charge in [-0.1, -0.05) is 12.1 Å². The first-order valence-corrected chi connectivity index (χ1v) is 4.88. The van der Waals surface area contributed by atoms with Crippen molar-refractivity contribution in [3.63, 3.8) is 0 Å². The summed E-state index contributed by atoms with van der Waals surface area (Å²) >= 11 is 0. The summed E-state index contributed by atoms with van der Waals surface area (Å²) in [5, 5.41) is 4.27. The molecule has 82 valence electrons. The number of hydrogen-bond donors (Lipinski definition) is 0. The quantitative estimate of drug-likeness (QED) is 0.736. The Morgan fingerprint density at radius 2 is 2.12 bits per heavy atom. The van der Waals surface area contributed by atoms with Crippen molar-refractivity contribution >= 4 is 6.29 Å². The van der Waals surface area contributed by atoms with Gasteiger partial charge in [0.15, 0.2) is 6.29 Å². The van der Waals surface area contributed by atoms with Crippen molar-refractivity contribution in [1.82, 2.24) is 9.78 Å². The molecule has 4 nitrogen and oxygen atoms in total. The fourth-order valence-electron chi connectivity index (χ4n) is 1.64. The Hall–Kier alpha value is -2.10. The zero-order valence-corrected chi connectivity index (χ0v) is 9.18. The van der Waals surface area contributed by atoms with Crippen molar-refractivity contribution in [3.05, 3.63) is 36.0 Å². The molecule has 0 aliphatic carbocycles. The maximum Gasteiger partial charge on any atom is 0.153 e. The fourth-order valence-corrected chi connectivity index (χ4v) is 1.64. The van der Waals surface area contributed by atoms with Gasteiger partial charge in [0.05, 0.1) is 12.7 Å². The maximum atomic E-state index is 10.9. The van der Waals surface area contributed by atoms with Gasteiger partial charge >= 0.3 is 0 Å². The molecular weight excluding hydrogens is 204 g/mol. The minimum atomic E-state index is 0.562. The molecule has 0 amide bonds. The largest absolute Gasteiger partial charge is 0.496 e. The van der Waals surface area contributed by atoms with Gasteiger partial charge in [0, 0.05) is 18.8 Å². The van der Waals surface area contributed by atoms with Gasteiger partial charge in [0.25, 0.3) is 0 Å². The molecule has 0 fully saturated rings. The molecule has 0 unspecified atom stereocenters. The minimum Gasteiger partial charge on any atom is -0.496 e. The van der Waals surface area contributed by atoms with E-state index >= 15 is 0 Å². The normalized spacial score (nSPS) is 10.1. The lowest BCUT2D eigenvalue weighted by Crippen LogP contribution is -1.91. The number of carbonyl (C=O) groups is 1. The van der Waals surface area contributed by atoms with Crippen LogP contribution in [0, 0.1) is 0 Å². The summed E-state index contributed by atoms with van der Waals surface area (Å²) < 4.78 is 6.86. The Kier molecular flexibility index (Phi) is 2.72. The highest BCUT2D eigenvalue weighted by Gasteiger charge is 2.13. The number of ether oxygens (including phenoxy) is 1. The van der Waals surface area contributed by atoms with E-state index in [9.17, 15) is 4.79 Å². The molecule has 2 rings (SSSR count). The molecular formula is C12H12N2O2. The molecule has 0 aliphatic rings. The van der Waals surface area contributed by atoms with Crippen LogP contribution in [0.25, 0.3) is 11.3 Å². The van der Waals surface area contributed by atoms with E-state index in [0.717, 1.165) is 11.8 Å². The van der Waals surface area contributed by atoms with Gasteiger partial charge in [-0.25, -0.2) is 0 Å². The smallest absolute Gasteiger partial charge is 0.153 e. The van der Waals surface area contributed by atoms with Gasteiger partial charge in [-0.2, -0.15) is 5.10 Å². The first-order chi connectivity index (χ1) is 7.76. The van der Waals surface area contributed by atoms with Crippen molar-refractivity contribution in [2.75, 3.05) is 7.11 Å². The van der Waals surface area contributed by atoms with Crippen molar-refractivity contribution in [2.45, 2.75) is 0 Å². The molecule has 16 heavy (non-hydrogen) atoms. The van der Waals surface area contributed by atoms with E-state index in [4.69, 9.17) is 4.74 Å². The fraction of sp³-hybridized carbons (Fsp3) is 0.167. The summed E-state index contributed by atoms with van der Waals surface area (Å²) in [5.41, 5.74) is 2.04. The van der Waals surface area contributed by atoms with Gasteiger partial charge in [0.2, 0.25) is 0 Å². The van der Waals surface area contributed by atoms with Crippen LogP contribution in [0.2, 0.25) is 0 Å². The second-order valence-corrected chi connectivity index (χ2v) is 3.42. The Bertz CT molecular complexity index is 517. The summed E-state index contributed by atoms with van der Waals surface area (Å²) in [6.45, 7) is 0. The molecule has 0 saturated carbocycles. The number of aryl methyl sites for hydroxylation is 1. The summed E-state index contributed by atoms with van der Waals surface area (Å²) in [6.07, 6.45) is 2.49. The van der Waals surface area contributed by atoms with E-state index in [-0.39, 0.29) is 0 Å². The number of benzene rings is 1. The first-order valence-electron chi connectivity index (χ1n) is 4.88. The van der Waals surface area contributed by atoms with E-state index < -0.39 is 0 Å². The van der Waals surface area contributed by atoms with Crippen LogP contribution >= 0.6 is 0 Å². The van der Waals surface area contributed by atoms with E-state index in [0.29, 0.717) is 17.0 Å². The highest BCUT2D eigenvalue weighted by Crippen LogP contribution is 2.29. The summed E-state index contributed by atoms with van der Waals surface area (Å²) in [5.74, 6) is 0.712. The maximum absolute atomic E-state index is 10.9. The van der Waals surface area contributed by atoms with Crippen LogP contribution < -0.4 is 4.74 Å². The third kappa shape index (κ3) is 1.69. The summed E-state index contributed by atoms with van der Waals surface area (Å²) in [7, 11) is 3.38. The predicted octanol–water partition coefficient (Wildman–Crippen LogP) is 1.91. The summed E-state index contributed by atoms with van der Waals surface area (Å²) in [6, 6.07) is 7.50. The number of rotatable bonds is 3. The average Bonchev–Trinajstić information content (AvgIpc) is 2.70. The van der Waals surface area contributed by atoms with Gasteiger partial charge in [0.1, 0.15) is 11.4 Å². The third-order valence-electron chi connectivity index (χ3n) is 2.35. The molecule has 0 saturated heterocycles. The lowest BCUT2D eigenvalue weighted by Gasteiger charge is -2.05. The SMILES string of the molecule is COc1ccccc1-c1nn(C)cc1C=O. The van der Waals surface area contributed by atoms with Crippen LogP contribution in [0.5, 0.6) is 5.75 Å². The molecule has 1 aromatic carbocycles. The van der Waals surface area contributed by atoms with Crippen molar-refractivity contribution in [2.24, 2.45) is 7.05 Å². The van der Waals surface area contributed by atoms with Gasteiger partial charge in [-0.15, -0.1) is 0 Å². The van der Waals surface area contributed by atoms with Crippen molar-refractivity contribution < 1.29 is 9.53 Å². The molecule has 0 radical (unpaired) electrons. The first kappa shape index (κ1) is 10.4. The predicted molar refractivity (Wildman–Crippen MR) is 60.6 cm³/mol. The highest BCUT2D eigenvalue weighted by atomic mass is 16.5. The number of methoxy groups -OCH3 is 1. The van der Waals surface area contributed by atoms with E-state index in [1.165, 1.54) is 0 Å². The molecule has 0 bridgehead atoms. The van der Waals surface area contributed by atoms with Gasteiger partial charge < -0.3 is 4.74 Å². The van der Waals surface area contributed by atoms with Crippen LogP contribution in [0.4, 0.5) is 0 Å². The standard InChI is InChI=1S/C12H12N2O2/c1-14-7-9(8-15)12(13-14)10-5-3-4-6-11(10)16-2/h3-8H,1-2H3. The Morgan fingerprint density at radius 3 is 2.81 bits per heavy atom. The number of carbonyl (C=O) groups excluding carboxylic acids is 1. The number of nitrogens with zero attached hydrogens (tertiary/aromatic N) is 2. The van der Waals surface area contributed by atoms with Crippen molar-refractivity contribution in [1.29, 1.82) is 0 Å². The number of hydrogen-bond acceptors (Lipinski definition) is 3. The third-order valence-corrected chi connectivity index (χ3v) is 2.35. The number of aromatic nitrogens is 2. The Balaban J connectivity index is 2.61. The molecule has 0 atom stereocenters. The van der Waals surface area contributed by atoms with Crippen LogP contribution in [-0.2, 0) is 7.05 Å². The van der Waals surface area contributed by atoms with Crippen LogP contribution in [0.3, 0.4) is 0 Å². The van der Waals surface area contributed by atoms with E-state index in [1.807, 2.05) is 24.3 Å². The lowest BCUT2D eigenvalue weighted by molar-refractivity contribution is 0.112. The van der Waals surface area contributed by atoms with Crippen LogP contribution in [-0.4, -0.2) is 23.2 Å². The second-order valence-electron chi connectivity index (χ2n) is 3.42. The molecule has 4 heteroatoms. The number of aldehydes is 1. The average molecular weight is 216 g/mol. The van der Waals surface area contributed by atoms with Gasteiger partial charge in [-0.3, -0.25) is 9.48 Å². The topological polar surface area (TPSA) is 44.1 Å². The molecule has 2 aromatic rings. The number of para-hydroxylation sites is 1. The van der Waals surface area contributed by atoms with Crippen LogP contribution in [0.15, 0.2) is 30.5 Å². The molecule has 0 aliphatic heterocycles. The molecule has 0 N–H and O–H groups in total. The molecule has 0 spiro atoms.